The molecule has 11 heteroatoms. The molecule has 0 saturated heterocycles. The van der Waals surface area contributed by atoms with Crippen molar-refractivity contribution < 1.29 is 43.0 Å². The van der Waals surface area contributed by atoms with Gasteiger partial charge in [-0.2, -0.15) is 0 Å². The van der Waals surface area contributed by atoms with Crippen LogP contribution in [0.4, 0.5) is 8.78 Å². The minimum absolute atomic E-state index is 0.0449. The number of carboxylic acids is 2. The molecule has 0 heterocycles. The topological polar surface area (TPSA) is 150 Å². The van der Waals surface area contributed by atoms with Gasteiger partial charge in [-0.3, -0.25) is 19.2 Å². The molecule has 9 nitrogen and oxygen atoms in total. The summed E-state index contributed by atoms with van der Waals surface area (Å²) in [6.45, 7) is 3.44. The van der Waals surface area contributed by atoms with Gasteiger partial charge in [0.1, 0.15) is 12.1 Å². The highest BCUT2D eigenvalue weighted by Gasteiger charge is 2.33. The third-order valence-corrected chi connectivity index (χ3v) is 4.51. The molecule has 1 aromatic rings. The summed E-state index contributed by atoms with van der Waals surface area (Å²) in [5.41, 5.74) is 0.379. The summed E-state index contributed by atoms with van der Waals surface area (Å²) in [6, 6.07) is 4.73. The Morgan fingerprint density at radius 2 is 1.50 bits per heavy atom. The Bertz CT molecular complexity index is 831. The highest BCUT2D eigenvalue weighted by Crippen LogP contribution is 2.20. The predicted octanol–water partition coefficient (Wildman–Crippen LogP) is 1.57. The molecule has 0 aliphatic carbocycles. The number of ketones is 1. The smallest absolute Gasteiger partial charge is 0.374 e. The molecule has 1 rings (SSSR count). The van der Waals surface area contributed by atoms with Crippen LogP contribution in [0.5, 0.6) is 0 Å². The Labute approximate surface area is 183 Å². The van der Waals surface area contributed by atoms with E-state index in [9.17, 15) is 37.9 Å². The van der Waals surface area contributed by atoms with Gasteiger partial charge in [0.2, 0.25) is 18.2 Å². The Hall–Kier alpha value is -3.37. The van der Waals surface area contributed by atoms with E-state index in [2.05, 4.69) is 5.32 Å². The fraction of sp³-hybridized carbons (Fsp3) is 0.476. The number of amides is 2. The number of halogens is 2. The first-order valence-electron chi connectivity index (χ1n) is 9.85. The number of rotatable bonds is 13. The van der Waals surface area contributed by atoms with Gasteiger partial charge in [0.25, 0.3) is 5.78 Å². The number of nitrogens with one attached hydrogen (secondary N) is 2. The number of hydrogen-bond acceptors (Lipinski definition) is 5. The molecule has 0 saturated carbocycles. The molecule has 0 fully saturated rings. The lowest BCUT2D eigenvalue weighted by Crippen LogP contribution is -2.53. The number of hydrogen-bond donors (Lipinski definition) is 4. The lowest BCUT2D eigenvalue weighted by atomic mass is 9.95. The molecular weight excluding hydrogens is 430 g/mol. The lowest BCUT2D eigenvalue weighted by molar-refractivity contribution is -0.151. The van der Waals surface area contributed by atoms with E-state index in [1.165, 1.54) is 12.1 Å². The third-order valence-electron chi connectivity index (χ3n) is 4.51. The van der Waals surface area contributed by atoms with Gasteiger partial charge >= 0.3 is 11.9 Å². The second kappa shape index (κ2) is 12.5. The van der Waals surface area contributed by atoms with Crippen molar-refractivity contribution in [2.75, 3.05) is 0 Å². The minimum Gasteiger partial charge on any atom is -0.481 e. The first-order chi connectivity index (χ1) is 14.9. The molecule has 4 N–H and O–H groups in total. The van der Waals surface area contributed by atoms with Crippen molar-refractivity contribution in [2.45, 2.75) is 57.5 Å². The van der Waals surface area contributed by atoms with E-state index < -0.39 is 66.8 Å². The second-order valence-corrected chi connectivity index (χ2v) is 7.61. The maximum Gasteiger partial charge on any atom is 0.374 e. The van der Waals surface area contributed by atoms with E-state index in [-0.39, 0.29) is 12.3 Å². The standard InChI is InChI=1S/C21H26F2N2O7/c1-11(2)8-15(19(28)25-14(10-16(22)23)18(27)21(31)32)24-17(26)9-13(20(29)30)12-6-4-3-5-7-12/h3-7,11,13-16H,8-10H2,1-2H3,(H,24,26)(H,25,28)(H,29,30)(H,31,32). The number of carboxylic acid groups (broad SMARTS) is 2. The number of Topliss-reactive ketones (excluding diaryl/α,β-unsaturated/α-hetero) is 1. The molecule has 1 aromatic carbocycles. The fourth-order valence-electron chi connectivity index (χ4n) is 3.01. The molecule has 0 aliphatic heterocycles. The second-order valence-electron chi connectivity index (χ2n) is 7.61. The summed E-state index contributed by atoms with van der Waals surface area (Å²) < 4.78 is 25.5. The first-order valence-corrected chi connectivity index (χ1v) is 9.85. The zero-order valence-corrected chi connectivity index (χ0v) is 17.6. The molecule has 0 bridgehead atoms. The molecule has 3 unspecified atom stereocenters. The summed E-state index contributed by atoms with van der Waals surface area (Å²) in [7, 11) is 0. The van der Waals surface area contributed by atoms with Gasteiger partial charge in [0.15, 0.2) is 0 Å². The van der Waals surface area contributed by atoms with Crippen LogP contribution in [0, 0.1) is 5.92 Å². The monoisotopic (exact) mass is 456 g/mol. The van der Waals surface area contributed by atoms with Crippen LogP contribution < -0.4 is 10.6 Å². The number of carbonyl (C=O) groups is 5. The van der Waals surface area contributed by atoms with Crippen molar-refractivity contribution in [3.63, 3.8) is 0 Å². The van der Waals surface area contributed by atoms with Gasteiger partial charge in [-0.1, -0.05) is 44.2 Å². The van der Waals surface area contributed by atoms with Gasteiger partial charge in [-0.15, -0.1) is 0 Å². The average Bonchev–Trinajstić information content (AvgIpc) is 2.70. The number of carbonyl (C=O) groups excluding carboxylic acids is 3. The SMILES string of the molecule is CC(C)CC(NC(=O)CC(C(=O)O)c1ccccc1)C(=O)NC(CC(F)F)C(=O)C(=O)O. The Morgan fingerprint density at radius 3 is 1.97 bits per heavy atom. The van der Waals surface area contributed by atoms with Crippen molar-refractivity contribution in [3.8, 4) is 0 Å². The van der Waals surface area contributed by atoms with E-state index in [4.69, 9.17) is 5.11 Å². The zero-order chi connectivity index (χ0) is 24.4. The number of alkyl halides is 2. The van der Waals surface area contributed by atoms with E-state index >= 15 is 0 Å². The van der Waals surface area contributed by atoms with Crippen LogP contribution in [0.15, 0.2) is 30.3 Å². The van der Waals surface area contributed by atoms with Crippen molar-refractivity contribution in [3.05, 3.63) is 35.9 Å². The van der Waals surface area contributed by atoms with Crippen LogP contribution in [0.1, 0.15) is 44.6 Å². The van der Waals surface area contributed by atoms with Crippen LogP contribution in [0.3, 0.4) is 0 Å². The van der Waals surface area contributed by atoms with E-state index in [1.54, 1.807) is 32.0 Å². The molecule has 2 amide bonds. The van der Waals surface area contributed by atoms with Gasteiger partial charge in [-0.05, 0) is 17.9 Å². The maximum absolute atomic E-state index is 12.7. The minimum atomic E-state index is -3.05. The summed E-state index contributed by atoms with van der Waals surface area (Å²) in [5.74, 6) is -7.97. The summed E-state index contributed by atoms with van der Waals surface area (Å²) >= 11 is 0. The van der Waals surface area contributed by atoms with Gasteiger partial charge in [0, 0.05) is 12.8 Å². The largest absolute Gasteiger partial charge is 0.481 e. The molecule has 32 heavy (non-hydrogen) atoms. The maximum atomic E-state index is 12.7. The number of aliphatic carboxylic acids is 2. The predicted molar refractivity (Wildman–Crippen MR) is 108 cm³/mol. The van der Waals surface area contributed by atoms with E-state index in [1.807, 2.05) is 5.32 Å². The Balaban J connectivity index is 2.97. The van der Waals surface area contributed by atoms with Crippen molar-refractivity contribution in [1.29, 1.82) is 0 Å². The van der Waals surface area contributed by atoms with Gasteiger partial charge in [0.05, 0.1) is 5.92 Å². The summed E-state index contributed by atoms with van der Waals surface area (Å²) in [5, 5.41) is 22.6. The van der Waals surface area contributed by atoms with Crippen molar-refractivity contribution in [1.82, 2.24) is 10.6 Å². The van der Waals surface area contributed by atoms with Crippen molar-refractivity contribution >= 4 is 29.5 Å². The average molecular weight is 456 g/mol. The highest BCUT2D eigenvalue weighted by atomic mass is 19.3. The Morgan fingerprint density at radius 1 is 0.906 bits per heavy atom. The normalized spacial score (nSPS) is 13.8. The van der Waals surface area contributed by atoms with Gasteiger partial charge in [-0.25, -0.2) is 13.6 Å². The fourth-order valence-corrected chi connectivity index (χ4v) is 3.01. The third kappa shape index (κ3) is 8.78. The van der Waals surface area contributed by atoms with Crippen molar-refractivity contribution in [2.24, 2.45) is 5.92 Å². The molecule has 0 aliphatic rings. The number of benzene rings is 1. The first kappa shape index (κ1) is 26.7. The van der Waals surface area contributed by atoms with Crippen LogP contribution in [-0.2, 0) is 24.0 Å². The molecule has 0 aromatic heterocycles. The van der Waals surface area contributed by atoms with E-state index in [0.29, 0.717) is 5.56 Å². The van der Waals surface area contributed by atoms with Gasteiger partial charge < -0.3 is 20.8 Å². The molecule has 3 atom stereocenters. The Kier molecular flexibility index (Phi) is 10.4. The molecule has 0 spiro atoms. The summed E-state index contributed by atoms with van der Waals surface area (Å²) in [4.78, 5) is 59.2. The molecular formula is C21H26F2N2O7. The molecule has 0 radical (unpaired) electrons. The van der Waals surface area contributed by atoms with Crippen LogP contribution in [0.2, 0.25) is 0 Å². The quantitative estimate of drug-likeness (QED) is 0.329. The highest BCUT2D eigenvalue weighted by molar-refractivity contribution is 6.35. The molecule has 176 valence electrons. The zero-order valence-electron chi connectivity index (χ0n) is 17.6. The lowest BCUT2D eigenvalue weighted by Gasteiger charge is -2.24. The van der Waals surface area contributed by atoms with Crippen LogP contribution in [0.25, 0.3) is 0 Å². The van der Waals surface area contributed by atoms with Crippen LogP contribution in [-0.4, -0.2) is 58.3 Å². The summed E-state index contributed by atoms with van der Waals surface area (Å²) in [6.07, 6.45) is -4.70. The van der Waals surface area contributed by atoms with Crippen LogP contribution >= 0.6 is 0 Å². The van der Waals surface area contributed by atoms with E-state index in [0.717, 1.165) is 0 Å².